The minimum Gasteiger partial charge on any atom is -0.102 e. The molecule has 0 saturated heterocycles. The average molecular weight is 158 g/mol. The molecule has 0 aliphatic heterocycles. The first-order chi connectivity index (χ1) is 5.86. The van der Waals surface area contributed by atoms with E-state index in [-0.39, 0.29) is 0 Å². The Labute approximate surface area is 73.7 Å². The Bertz CT molecular complexity index is 306. The number of fused-ring (bicyclic) bond motifs is 4. The second-order valence-corrected chi connectivity index (χ2v) is 4.35. The van der Waals surface area contributed by atoms with Gasteiger partial charge >= 0.3 is 0 Å². The average Bonchev–Trinajstić information content (AvgIpc) is 2.76. The van der Waals surface area contributed by atoms with Crippen molar-refractivity contribution in [1.29, 1.82) is 0 Å². The van der Waals surface area contributed by atoms with E-state index in [1.807, 2.05) is 0 Å². The molecule has 1 saturated carbocycles. The van der Waals surface area contributed by atoms with Gasteiger partial charge in [0.15, 0.2) is 0 Å². The summed E-state index contributed by atoms with van der Waals surface area (Å²) in [6, 6.07) is 0. The Morgan fingerprint density at radius 2 is 2.50 bits per heavy atom. The van der Waals surface area contributed by atoms with Crippen LogP contribution < -0.4 is 0 Å². The predicted molar refractivity (Wildman–Crippen MR) is 50.8 cm³/mol. The lowest BCUT2D eigenvalue weighted by Crippen LogP contribution is -2.12. The van der Waals surface area contributed by atoms with Gasteiger partial charge in [0.2, 0.25) is 0 Å². The van der Waals surface area contributed by atoms with Crippen molar-refractivity contribution in [2.24, 2.45) is 11.3 Å². The van der Waals surface area contributed by atoms with Crippen LogP contribution in [0.15, 0.2) is 36.0 Å². The predicted octanol–water partition coefficient (Wildman–Crippen LogP) is 3.23. The van der Waals surface area contributed by atoms with Crippen LogP contribution in [0, 0.1) is 11.3 Å². The molecule has 3 rings (SSSR count). The molecule has 2 atom stereocenters. The van der Waals surface area contributed by atoms with Crippen LogP contribution in [0.1, 0.15) is 25.7 Å². The zero-order valence-electron chi connectivity index (χ0n) is 7.34. The van der Waals surface area contributed by atoms with Gasteiger partial charge in [-0.25, -0.2) is 0 Å². The summed E-state index contributed by atoms with van der Waals surface area (Å²) >= 11 is 0. The topological polar surface area (TPSA) is 0 Å². The maximum Gasteiger partial charge on any atom is 0.0135 e. The van der Waals surface area contributed by atoms with Crippen molar-refractivity contribution in [2.45, 2.75) is 25.7 Å². The summed E-state index contributed by atoms with van der Waals surface area (Å²) < 4.78 is 0. The van der Waals surface area contributed by atoms with Gasteiger partial charge in [-0.05, 0) is 37.2 Å². The highest BCUT2D eigenvalue weighted by Crippen LogP contribution is 2.60. The van der Waals surface area contributed by atoms with Crippen molar-refractivity contribution in [1.82, 2.24) is 0 Å². The minimum atomic E-state index is 0.410. The Balaban J connectivity index is 2.17. The lowest BCUT2D eigenvalue weighted by Gasteiger charge is -2.24. The van der Waals surface area contributed by atoms with Gasteiger partial charge in [0.05, 0.1) is 0 Å². The quantitative estimate of drug-likeness (QED) is 0.514. The number of rotatable bonds is 1. The fourth-order valence-corrected chi connectivity index (χ4v) is 3.31. The molecule has 1 fully saturated rings. The molecular formula is C12H14. The first-order valence-electron chi connectivity index (χ1n) is 4.89. The molecule has 0 aromatic rings. The molecule has 0 amide bonds. The Morgan fingerprint density at radius 1 is 1.58 bits per heavy atom. The fourth-order valence-electron chi connectivity index (χ4n) is 3.31. The standard InChI is InChI=1S/C12H14/c1-2-12-7-6-9(8-12)10-4-3-5-11(10)12/h2-3,5,9H,1,4,6-8H2. The van der Waals surface area contributed by atoms with Gasteiger partial charge < -0.3 is 0 Å². The van der Waals surface area contributed by atoms with Crippen molar-refractivity contribution in [3.63, 3.8) is 0 Å². The number of hydrogen-bond acceptors (Lipinski definition) is 0. The summed E-state index contributed by atoms with van der Waals surface area (Å²) in [5.41, 5.74) is 3.78. The third-order valence-electron chi connectivity index (χ3n) is 3.94. The molecule has 0 N–H and O–H groups in total. The van der Waals surface area contributed by atoms with Gasteiger partial charge in [-0.15, -0.1) is 6.58 Å². The van der Waals surface area contributed by atoms with Gasteiger partial charge in [0, 0.05) is 5.41 Å². The van der Waals surface area contributed by atoms with E-state index < -0.39 is 0 Å². The van der Waals surface area contributed by atoms with E-state index >= 15 is 0 Å². The molecule has 0 aromatic heterocycles. The lowest BCUT2D eigenvalue weighted by molar-refractivity contribution is 0.503. The molecule has 0 radical (unpaired) electrons. The van der Waals surface area contributed by atoms with Crippen molar-refractivity contribution in [2.75, 3.05) is 0 Å². The Kier molecular flexibility index (Phi) is 1.08. The van der Waals surface area contributed by atoms with E-state index in [1.54, 1.807) is 11.1 Å². The van der Waals surface area contributed by atoms with E-state index in [0.29, 0.717) is 5.41 Å². The van der Waals surface area contributed by atoms with Crippen LogP contribution in [0.4, 0.5) is 0 Å². The molecule has 0 heterocycles. The normalized spacial score (nSPS) is 42.5. The van der Waals surface area contributed by atoms with Crippen LogP contribution in [0.5, 0.6) is 0 Å². The highest BCUT2D eigenvalue weighted by Gasteiger charge is 2.48. The van der Waals surface area contributed by atoms with Crippen LogP contribution in [0.3, 0.4) is 0 Å². The Morgan fingerprint density at radius 3 is 3.33 bits per heavy atom. The largest absolute Gasteiger partial charge is 0.102 e. The first kappa shape index (κ1) is 6.71. The van der Waals surface area contributed by atoms with Crippen LogP contribution in [-0.2, 0) is 0 Å². The van der Waals surface area contributed by atoms with Crippen molar-refractivity contribution >= 4 is 0 Å². The highest BCUT2D eigenvalue weighted by molar-refractivity contribution is 5.49. The zero-order valence-corrected chi connectivity index (χ0v) is 7.34. The van der Waals surface area contributed by atoms with Crippen molar-refractivity contribution in [3.8, 4) is 0 Å². The minimum absolute atomic E-state index is 0.410. The van der Waals surface area contributed by atoms with Crippen molar-refractivity contribution < 1.29 is 0 Å². The SMILES string of the molecule is C=CC12CCC(C1)C1=C2C=CC1. The highest BCUT2D eigenvalue weighted by atomic mass is 14.5. The number of allylic oxidation sites excluding steroid dienone is 5. The van der Waals surface area contributed by atoms with E-state index in [2.05, 4.69) is 24.8 Å². The van der Waals surface area contributed by atoms with Crippen molar-refractivity contribution in [3.05, 3.63) is 36.0 Å². The lowest BCUT2D eigenvalue weighted by atomic mass is 9.80. The maximum atomic E-state index is 4.00. The van der Waals surface area contributed by atoms with Gasteiger partial charge in [-0.1, -0.05) is 23.8 Å². The van der Waals surface area contributed by atoms with Crippen LogP contribution >= 0.6 is 0 Å². The smallest absolute Gasteiger partial charge is 0.0135 e. The molecule has 2 bridgehead atoms. The summed E-state index contributed by atoms with van der Waals surface area (Å²) in [5, 5.41) is 0. The van der Waals surface area contributed by atoms with Crippen LogP contribution in [-0.4, -0.2) is 0 Å². The third kappa shape index (κ3) is 0.565. The molecule has 3 aliphatic rings. The molecule has 62 valence electrons. The van der Waals surface area contributed by atoms with Gasteiger partial charge in [0.1, 0.15) is 0 Å². The van der Waals surface area contributed by atoms with Gasteiger partial charge in [0.25, 0.3) is 0 Å². The molecule has 0 aromatic carbocycles. The second kappa shape index (κ2) is 1.93. The fraction of sp³-hybridized carbons (Fsp3) is 0.500. The van der Waals surface area contributed by atoms with Crippen LogP contribution in [0.2, 0.25) is 0 Å². The summed E-state index contributed by atoms with van der Waals surface area (Å²) in [7, 11) is 0. The zero-order chi connectivity index (χ0) is 8.18. The first-order valence-corrected chi connectivity index (χ1v) is 4.89. The summed E-state index contributed by atoms with van der Waals surface area (Å²) in [6.07, 6.45) is 12.2. The van der Waals surface area contributed by atoms with E-state index in [4.69, 9.17) is 0 Å². The van der Waals surface area contributed by atoms with E-state index in [1.165, 1.54) is 25.7 Å². The maximum absolute atomic E-state index is 4.00. The molecule has 0 heteroatoms. The summed E-state index contributed by atoms with van der Waals surface area (Å²) in [4.78, 5) is 0. The molecule has 0 spiro atoms. The molecule has 3 aliphatic carbocycles. The molecule has 12 heavy (non-hydrogen) atoms. The summed E-state index contributed by atoms with van der Waals surface area (Å²) in [5.74, 6) is 0.910. The molecule has 0 nitrogen and oxygen atoms in total. The Hall–Kier alpha value is -0.780. The molecular weight excluding hydrogens is 144 g/mol. The van der Waals surface area contributed by atoms with E-state index in [0.717, 1.165) is 5.92 Å². The van der Waals surface area contributed by atoms with Gasteiger partial charge in [-0.2, -0.15) is 0 Å². The van der Waals surface area contributed by atoms with Gasteiger partial charge in [-0.3, -0.25) is 0 Å². The monoisotopic (exact) mass is 158 g/mol. The van der Waals surface area contributed by atoms with E-state index in [9.17, 15) is 0 Å². The van der Waals surface area contributed by atoms with Crippen LogP contribution in [0.25, 0.3) is 0 Å². The number of hydrogen-bond donors (Lipinski definition) is 0. The third-order valence-corrected chi connectivity index (χ3v) is 3.94. The summed E-state index contributed by atoms with van der Waals surface area (Å²) in [6.45, 7) is 4.00. The second-order valence-electron chi connectivity index (χ2n) is 4.35. The molecule has 2 unspecified atom stereocenters.